The molecule has 0 spiro atoms. The van der Waals surface area contributed by atoms with Gasteiger partial charge in [-0.15, -0.1) is 0 Å². The van der Waals surface area contributed by atoms with Gasteiger partial charge in [0, 0.05) is 11.2 Å². The van der Waals surface area contributed by atoms with Crippen LogP contribution in [0.4, 0.5) is 14.5 Å². The van der Waals surface area contributed by atoms with Crippen molar-refractivity contribution in [1.29, 1.82) is 0 Å². The molecule has 0 saturated carbocycles. The molecule has 6 nitrogen and oxygen atoms in total. The number of carbonyl (C=O) groups excluding carboxylic acids is 1. The van der Waals surface area contributed by atoms with Crippen LogP contribution in [0, 0.1) is 6.92 Å². The Hall–Kier alpha value is -3.13. The Labute approximate surface area is 164 Å². The van der Waals surface area contributed by atoms with Gasteiger partial charge in [0.05, 0.1) is 5.69 Å². The van der Waals surface area contributed by atoms with Crippen LogP contribution < -0.4 is 14.8 Å². The third kappa shape index (κ3) is 5.20. The summed E-state index contributed by atoms with van der Waals surface area (Å²) in [5, 5.41) is 7.17. The molecule has 3 rings (SSSR count). The van der Waals surface area contributed by atoms with Gasteiger partial charge in [-0.3, -0.25) is 4.79 Å². The van der Waals surface area contributed by atoms with Gasteiger partial charge >= 0.3 is 6.61 Å². The van der Waals surface area contributed by atoms with Gasteiger partial charge in [0.15, 0.2) is 12.4 Å². The Morgan fingerprint density at radius 1 is 1.25 bits per heavy atom. The first kappa shape index (κ1) is 19.6. The zero-order chi connectivity index (χ0) is 20.1. The molecule has 0 aliphatic heterocycles. The standard InChI is InChI=1S/C19H16ClF2N3O3/c1-12-5-6-15(17(9-12)28-19(21)22)23-18(26)16-7-8-25(24-16)11-27-14-4-2-3-13(20)10-14/h2-10,19H,11H2,1H3,(H,23,26). The van der Waals surface area contributed by atoms with E-state index in [-0.39, 0.29) is 23.9 Å². The zero-order valence-electron chi connectivity index (χ0n) is 14.7. The van der Waals surface area contributed by atoms with Gasteiger partial charge in [-0.25, -0.2) is 4.68 Å². The van der Waals surface area contributed by atoms with E-state index < -0.39 is 12.5 Å². The number of amides is 1. The van der Waals surface area contributed by atoms with Crippen molar-refractivity contribution in [3.05, 3.63) is 71.0 Å². The second-order valence-electron chi connectivity index (χ2n) is 5.80. The number of nitrogens with zero attached hydrogens (tertiary/aromatic N) is 2. The molecule has 1 heterocycles. The van der Waals surface area contributed by atoms with Gasteiger partial charge in [0.1, 0.15) is 11.5 Å². The highest BCUT2D eigenvalue weighted by Crippen LogP contribution is 2.27. The summed E-state index contributed by atoms with van der Waals surface area (Å²) >= 11 is 5.89. The predicted octanol–water partition coefficient (Wildman–Crippen LogP) is 4.74. The van der Waals surface area contributed by atoms with Crippen molar-refractivity contribution in [2.24, 2.45) is 0 Å². The van der Waals surface area contributed by atoms with Crippen molar-refractivity contribution < 1.29 is 23.0 Å². The molecule has 28 heavy (non-hydrogen) atoms. The summed E-state index contributed by atoms with van der Waals surface area (Å²) in [5.74, 6) is -0.126. The highest BCUT2D eigenvalue weighted by atomic mass is 35.5. The van der Waals surface area contributed by atoms with E-state index in [1.807, 2.05) is 0 Å². The van der Waals surface area contributed by atoms with Crippen LogP contribution >= 0.6 is 11.6 Å². The smallest absolute Gasteiger partial charge is 0.387 e. The molecule has 0 unspecified atom stereocenters. The van der Waals surface area contributed by atoms with Crippen LogP contribution in [0.25, 0.3) is 0 Å². The van der Waals surface area contributed by atoms with Crippen molar-refractivity contribution in [1.82, 2.24) is 9.78 Å². The number of aromatic nitrogens is 2. The molecule has 0 aliphatic rings. The molecule has 2 aromatic carbocycles. The minimum atomic E-state index is -3.00. The van der Waals surface area contributed by atoms with Crippen LogP contribution in [-0.4, -0.2) is 22.3 Å². The normalized spacial score (nSPS) is 10.8. The lowest BCUT2D eigenvalue weighted by atomic mass is 10.2. The Morgan fingerprint density at radius 3 is 2.82 bits per heavy atom. The largest absolute Gasteiger partial charge is 0.471 e. The molecule has 0 atom stereocenters. The monoisotopic (exact) mass is 407 g/mol. The lowest BCUT2D eigenvalue weighted by Gasteiger charge is -2.12. The number of anilines is 1. The molecule has 0 aliphatic carbocycles. The van der Waals surface area contributed by atoms with Crippen molar-refractivity contribution >= 4 is 23.2 Å². The summed E-state index contributed by atoms with van der Waals surface area (Å²) < 4.78 is 36.6. The Balaban J connectivity index is 1.66. The first-order valence-electron chi connectivity index (χ1n) is 8.19. The lowest BCUT2D eigenvalue weighted by Crippen LogP contribution is -2.15. The maximum absolute atomic E-state index is 12.6. The number of benzene rings is 2. The topological polar surface area (TPSA) is 65.4 Å². The second-order valence-corrected chi connectivity index (χ2v) is 6.24. The van der Waals surface area contributed by atoms with Crippen molar-refractivity contribution in [2.75, 3.05) is 5.32 Å². The number of ether oxygens (including phenoxy) is 2. The summed E-state index contributed by atoms with van der Waals surface area (Å²) in [4.78, 5) is 12.4. The third-order valence-electron chi connectivity index (χ3n) is 3.63. The fraction of sp³-hybridized carbons (Fsp3) is 0.158. The molecule has 1 aromatic heterocycles. The molecule has 146 valence electrons. The minimum absolute atomic E-state index is 0.0674. The van der Waals surface area contributed by atoms with E-state index in [4.69, 9.17) is 16.3 Å². The minimum Gasteiger partial charge on any atom is -0.471 e. The van der Waals surface area contributed by atoms with Gasteiger partial charge in [-0.05, 0) is 48.9 Å². The average molecular weight is 408 g/mol. The van der Waals surface area contributed by atoms with Crippen molar-refractivity contribution in [2.45, 2.75) is 20.3 Å². The van der Waals surface area contributed by atoms with Gasteiger partial charge in [-0.1, -0.05) is 23.7 Å². The van der Waals surface area contributed by atoms with Crippen LogP contribution in [0.1, 0.15) is 16.1 Å². The Kier molecular flexibility index (Phi) is 6.10. The van der Waals surface area contributed by atoms with E-state index in [2.05, 4.69) is 15.2 Å². The summed E-state index contributed by atoms with van der Waals surface area (Å²) in [6.45, 7) is -1.20. The maximum Gasteiger partial charge on any atom is 0.387 e. The SMILES string of the molecule is Cc1ccc(NC(=O)c2ccn(COc3cccc(Cl)c3)n2)c(OC(F)F)c1. The first-order chi connectivity index (χ1) is 13.4. The summed E-state index contributed by atoms with van der Waals surface area (Å²) in [7, 11) is 0. The summed E-state index contributed by atoms with van der Waals surface area (Å²) in [6.07, 6.45) is 1.56. The quantitative estimate of drug-likeness (QED) is 0.614. The van der Waals surface area contributed by atoms with E-state index in [0.717, 1.165) is 5.56 Å². The number of nitrogens with one attached hydrogen (secondary N) is 1. The van der Waals surface area contributed by atoms with Gasteiger partial charge in [-0.2, -0.15) is 13.9 Å². The molecular weight excluding hydrogens is 392 g/mol. The highest BCUT2D eigenvalue weighted by molar-refractivity contribution is 6.30. The van der Waals surface area contributed by atoms with Crippen LogP contribution in [0.3, 0.4) is 0 Å². The lowest BCUT2D eigenvalue weighted by molar-refractivity contribution is -0.0494. The fourth-order valence-electron chi connectivity index (χ4n) is 2.36. The first-order valence-corrected chi connectivity index (χ1v) is 8.57. The molecule has 0 fully saturated rings. The Morgan fingerprint density at radius 2 is 2.07 bits per heavy atom. The van der Waals surface area contributed by atoms with Gasteiger partial charge in [0.2, 0.25) is 0 Å². The second kappa shape index (κ2) is 8.71. The molecule has 3 aromatic rings. The number of hydrogen-bond acceptors (Lipinski definition) is 4. The number of carbonyl (C=O) groups is 1. The fourth-order valence-corrected chi connectivity index (χ4v) is 2.55. The van der Waals surface area contributed by atoms with Crippen LogP contribution in [0.2, 0.25) is 5.02 Å². The molecule has 9 heteroatoms. The molecule has 0 saturated heterocycles. The number of hydrogen-bond donors (Lipinski definition) is 1. The molecule has 0 bridgehead atoms. The van der Waals surface area contributed by atoms with Crippen molar-refractivity contribution in [3.63, 3.8) is 0 Å². The van der Waals surface area contributed by atoms with Crippen LogP contribution in [0.15, 0.2) is 54.7 Å². The van der Waals surface area contributed by atoms with E-state index >= 15 is 0 Å². The van der Waals surface area contributed by atoms with Gasteiger partial charge < -0.3 is 14.8 Å². The van der Waals surface area contributed by atoms with E-state index in [9.17, 15) is 13.6 Å². The number of aryl methyl sites for hydroxylation is 1. The van der Waals surface area contributed by atoms with E-state index in [1.165, 1.54) is 22.9 Å². The molecule has 1 N–H and O–H groups in total. The summed E-state index contributed by atoms with van der Waals surface area (Å²) in [5.41, 5.74) is 0.940. The average Bonchev–Trinajstić information content (AvgIpc) is 3.11. The molecule has 1 amide bonds. The zero-order valence-corrected chi connectivity index (χ0v) is 15.5. The van der Waals surface area contributed by atoms with E-state index in [0.29, 0.717) is 10.8 Å². The molecular formula is C19H16ClF2N3O3. The van der Waals surface area contributed by atoms with E-state index in [1.54, 1.807) is 43.5 Å². The number of halogens is 3. The molecule has 0 radical (unpaired) electrons. The Bertz CT molecular complexity index is 979. The van der Waals surface area contributed by atoms with Crippen LogP contribution in [0.5, 0.6) is 11.5 Å². The van der Waals surface area contributed by atoms with Crippen LogP contribution in [-0.2, 0) is 6.73 Å². The van der Waals surface area contributed by atoms with Crippen molar-refractivity contribution in [3.8, 4) is 11.5 Å². The predicted molar refractivity (Wildman–Crippen MR) is 100 cm³/mol. The summed E-state index contributed by atoms with van der Waals surface area (Å²) in [6, 6.07) is 12.9. The maximum atomic E-state index is 12.6. The number of alkyl halides is 2. The third-order valence-corrected chi connectivity index (χ3v) is 3.87. The number of rotatable bonds is 7. The van der Waals surface area contributed by atoms with Gasteiger partial charge in [0.25, 0.3) is 5.91 Å². The highest BCUT2D eigenvalue weighted by Gasteiger charge is 2.15.